The number of phenols is 1. The normalized spacial score (nSPS) is 9.62. The fourth-order valence-electron chi connectivity index (χ4n) is 1.17. The van der Waals surface area contributed by atoms with Gasteiger partial charge in [-0.05, 0) is 19.1 Å². The van der Waals surface area contributed by atoms with Crippen molar-refractivity contribution < 1.29 is 5.11 Å². The van der Waals surface area contributed by atoms with Gasteiger partial charge in [-0.3, -0.25) is 4.57 Å². The van der Waals surface area contributed by atoms with Crippen LogP contribution in [-0.4, -0.2) is 14.7 Å². The third-order valence-electron chi connectivity index (χ3n) is 1.79. The highest BCUT2D eigenvalue weighted by molar-refractivity contribution is 5.38. The third-order valence-corrected chi connectivity index (χ3v) is 1.79. The van der Waals surface area contributed by atoms with Gasteiger partial charge in [-0.15, -0.1) is 0 Å². The predicted molar refractivity (Wildman–Crippen MR) is 47.6 cm³/mol. The molecule has 0 aliphatic carbocycles. The minimum atomic E-state index is 0.235. The van der Waals surface area contributed by atoms with Gasteiger partial charge < -0.3 is 5.11 Å². The molecule has 1 N–H and O–H groups in total. The fourth-order valence-corrected chi connectivity index (χ4v) is 1.17. The largest absolute Gasteiger partial charge is 0.508 e. The van der Waals surface area contributed by atoms with Crippen molar-refractivity contribution in [2.75, 3.05) is 0 Å². The van der Waals surface area contributed by atoms with Gasteiger partial charge in [0.1, 0.15) is 11.6 Å². The average molecular weight is 172 g/mol. The Balaban J connectivity index is 2.53. The van der Waals surface area contributed by atoms with E-state index >= 15 is 0 Å². The Labute approximate surface area is 76.3 Å². The van der Waals surface area contributed by atoms with E-state index in [0.717, 1.165) is 11.5 Å². The van der Waals surface area contributed by atoms with Crippen molar-refractivity contribution in [2.45, 2.75) is 6.92 Å². The van der Waals surface area contributed by atoms with Crippen molar-refractivity contribution in [2.24, 2.45) is 0 Å². The van der Waals surface area contributed by atoms with E-state index in [1.807, 2.05) is 13.0 Å². The van der Waals surface area contributed by atoms with Crippen molar-refractivity contribution >= 4 is 0 Å². The number of rotatable bonds is 1. The lowest BCUT2D eigenvalue weighted by Crippen LogP contribution is -1.94. The zero-order chi connectivity index (χ0) is 9.26. The van der Waals surface area contributed by atoms with E-state index in [1.165, 1.54) is 0 Å². The Morgan fingerprint density at radius 3 is 2.92 bits per heavy atom. The molecule has 0 fully saturated rings. The summed E-state index contributed by atoms with van der Waals surface area (Å²) in [6, 6.07) is 6.93. The molecule has 0 radical (unpaired) electrons. The summed E-state index contributed by atoms with van der Waals surface area (Å²) in [5.41, 5.74) is 0.839. The van der Waals surface area contributed by atoms with Crippen LogP contribution in [0.5, 0.6) is 5.75 Å². The van der Waals surface area contributed by atoms with E-state index in [2.05, 4.69) is 17.4 Å². The summed E-state index contributed by atoms with van der Waals surface area (Å²) in [6.07, 6.45) is 5.44. The number of aromatic hydroxyl groups is 1. The van der Waals surface area contributed by atoms with Gasteiger partial charge in [0.25, 0.3) is 0 Å². The highest BCUT2D eigenvalue weighted by Crippen LogP contribution is 2.14. The van der Waals surface area contributed by atoms with Crippen LogP contribution >= 0.6 is 0 Å². The van der Waals surface area contributed by atoms with Crippen molar-refractivity contribution in [1.29, 1.82) is 0 Å². The van der Waals surface area contributed by atoms with Crippen LogP contribution in [0, 0.1) is 19.3 Å². The van der Waals surface area contributed by atoms with E-state index in [4.69, 9.17) is 0 Å². The number of phenolic OH excluding ortho intramolecular Hbond substituents is 1. The Bertz CT molecular complexity index is 420. The Morgan fingerprint density at radius 2 is 2.31 bits per heavy atom. The van der Waals surface area contributed by atoms with Crippen LogP contribution in [0.15, 0.2) is 24.3 Å². The van der Waals surface area contributed by atoms with E-state index in [9.17, 15) is 5.11 Å². The minimum Gasteiger partial charge on any atom is -0.508 e. The number of aryl methyl sites for hydroxylation is 1. The fraction of sp³-hybridized carbons (Fsp3) is 0.100. The number of hydrogen-bond acceptors (Lipinski definition) is 2. The van der Waals surface area contributed by atoms with Gasteiger partial charge in [-0.25, -0.2) is 0 Å². The number of benzene rings is 1. The van der Waals surface area contributed by atoms with Gasteiger partial charge >= 0.3 is 0 Å². The molecule has 2 aromatic rings. The molecular weight excluding hydrogens is 164 g/mol. The second-order valence-corrected chi connectivity index (χ2v) is 2.74. The summed E-state index contributed by atoms with van der Waals surface area (Å²) in [4.78, 5) is 3.92. The molecule has 0 atom stereocenters. The number of aromatic nitrogens is 2. The molecule has 0 saturated heterocycles. The first-order valence-corrected chi connectivity index (χ1v) is 3.91. The van der Waals surface area contributed by atoms with Gasteiger partial charge in [0.2, 0.25) is 0 Å². The Kier molecular flexibility index (Phi) is 1.67. The van der Waals surface area contributed by atoms with Crippen LogP contribution in [0.2, 0.25) is 0 Å². The highest BCUT2D eigenvalue weighted by Gasteiger charge is 1.99. The van der Waals surface area contributed by atoms with Crippen LogP contribution in [0.1, 0.15) is 5.82 Å². The quantitative estimate of drug-likeness (QED) is 0.707. The topological polar surface area (TPSA) is 38.0 Å². The van der Waals surface area contributed by atoms with Crippen molar-refractivity contribution in [1.82, 2.24) is 9.55 Å². The maximum atomic E-state index is 9.24. The molecule has 13 heavy (non-hydrogen) atoms. The molecular formula is C10H8N2O. The van der Waals surface area contributed by atoms with Gasteiger partial charge in [-0.2, -0.15) is 4.98 Å². The first-order chi connectivity index (χ1) is 6.27. The van der Waals surface area contributed by atoms with E-state index in [-0.39, 0.29) is 5.75 Å². The molecule has 1 heterocycles. The second kappa shape index (κ2) is 2.83. The zero-order valence-electron chi connectivity index (χ0n) is 7.15. The first kappa shape index (κ1) is 7.69. The molecule has 0 saturated carbocycles. The van der Waals surface area contributed by atoms with Gasteiger partial charge in [-0.1, -0.05) is 6.07 Å². The lowest BCUT2D eigenvalue weighted by atomic mass is 10.3. The average Bonchev–Trinajstić information content (AvgIpc) is 2.51. The standard InChI is InChI=1S/C10H8N2O/c1-8-11-5-6-12(8)9-3-2-4-10(13)7-9/h2-4,7,13H,1H3. The van der Waals surface area contributed by atoms with Crippen LogP contribution in [0.4, 0.5) is 0 Å². The highest BCUT2D eigenvalue weighted by atomic mass is 16.3. The molecule has 0 unspecified atom stereocenters. The van der Waals surface area contributed by atoms with Crippen molar-refractivity contribution in [3.63, 3.8) is 0 Å². The van der Waals surface area contributed by atoms with Crippen LogP contribution < -0.4 is 0 Å². The third kappa shape index (κ3) is 1.34. The number of nitrogens with zero attached hydrogens (tertiary/aromatic N) is 2. The van der Waals surface area contributed by atoms with E-state index < -0.39 is 0 Å². The molecule has 0 aliphatic rings. The second-order valence-electron chi connectivity index (χ2n) is 2.74. The maximum absolute atomic E-state index is 9.24. The molecule has 0 amide bonds. The van der Waals surface area contributed by atoms with Crippen LogP contribution in [0.3, 0.4) is 0 Å². The molecule has 0 aliphatic heterocycles. The molecule has 1 aromatic carbocycles. The summed E-state index contributed by atoms with van der Waals surface area (Å²) in [5, 5.41) is 9.24. The molecule has 0 spiro atoms. The molecule has 1 aromatic heterocycles. The van der Waals surface area contributed by atoms with Gasteiger partial charge in [0.15, 0.2) is 0 Å². The summed E-state index contributed by atoms with van der Waals surface area (Å²) < 4.78 is 1.74. The molecule has 2 rings (SSSR count). The summed E-state index contributed by atoms with van der Waals surface area (Å²) in [6.45, 7) is 1.86. The predicted octanol–water partition coefficient (Wildman–Crippen LogP) is 1.49. The lowest BCUT2D eigenvalue weighted by molar-refractivity contribution is 0.475. The van der Waals surface area contributed by atoms with Crippen LogP contribution in [0.25, 0.3) is 5.69 Å². The summed E-state index contributed by atoms with van der Waals surface area (Å²) in [5.74, 6) is 1.03. The first-order valence-electron chi connectivity index (χ1n) is 3.91. The van der Waals surface area contributed by atoms with Crippen LogP contribution in [-0.2, 0) is 0 Å². The minimum absolute atomic E-state index is 0.235. The molecule has 3 nitrogen and oxygen atoms in total. The van der Waals surface area contributed by atoms with Crippen molar-refractivity contribution in [3.8, 4) is 11.4 Å². The molecule has 0 bridgehead atoms. The SMILES string of the molecule is Cc1nc#cn1-c1cccc(O)c1. The monoisotopic (exact) mass is 172 g/mol. The van der Waals surface area contributed by atoms with Gasteiger partial charge in [0.05, 0.1) is 11.9 Å². The van der Waals surface area contributed by atoms with Gasteiger partial charge in [0, 0.05) is 12.3 Å². The smallest absolute Gasteiger partial charge is 0.128 e. The summed E-state index contributed by atoms with van der Waals surface area (Å²) >= 11 is 0. The summed E-state index contributed by atoms with van der Waals surface area (Å²) in [7, 11) is 0. The maximum Gasteiger partial charge on any atom is 0.128 e. The van der Waals surface area contributed by atoms with E-state index in [1.54, 1.807) is 22.8 Å². The number of hydrogen-bond donors (Lipinski definition) is 1. The Morgan fingerprint density at radius 1 is 1.46 bits per heavy atom. The lowest BCUT2D eigenvalue weighted by Gasteiger charge is -2.02. The zero-order valence-corrected chi connectivity index (χ0v) is 7.15. The molecule has 3 heteroatoms. The van der Waals surface area contributed by atoms with E-state index in [0.29, 0.717) is 0 Å². The Hall–Kier alpha value is -1.95. The molecule has 64 valence electrons. The van der Waals surface area contributed by atoms with Crippen molar-refractivity contribution in [3.05, 3.63) is 42.5 Å².